The standard InChI is InChI=1S/C21H27N5O2S.C6H12O.C2H6/c1-4-6-10-20-19-14-17(15-23-21(19)25-24-20)16-8-7-9-18(13-16)29(27,28)26(5-2)12-11-22-3;1-4-5-6(2)7-3;1-2/h6-10,13-15,22H,4-5,11-12H2,1-3H3,(H,23,24,25);5H,4H2,1-3H3;1-2H3/b10-6+;6-5+;. The van der Waals surface area contributed by atoms with E-state index in [9.17, 15) is 8.42 Å². The minimum atomic E-state index is -3.56. The number of methoxy groups -OCH3 is 1. The van der Waals surface area contributed by atoms with Crippen LogP contribution in [-0.4, -0.2) is 61.7 Å². The van der Waals surface area contributed by atoms with Crippen molar-refractivity contribution in [3.8, 4) is 11.1 Å². The number of nitrogens with one attached hydrogen (secondary N) is 2. The Bertz CT molecular complexity index is 1270. The van der Waals surface area contributed by atoms with E-state index < -0.39 is 10.0 Å². The van der Waals surface area contributed by atoms with E-state index in [1.54, 1.807) is 31.5 Å². The SMILES string of the molecule is CC.CC/C=C(\C)OC.CC/C=C/c1[nH]nc2ncc(-c3cccc(S(=O)(=O)N(CC)CCNC)c3)cc12. The Morgan fingerprint density at radius 3 is 2.45 bits per heavy atom. The summed E-state index contributed by atoms with van der Waals surface area (Å²) < 4.78 is 32.4. The first-order valence-corrected chi connectivity index (χ1v) is 14.7. The lowest BCUT2D eigenvalue weighted by molar-refractivity contribution is 0.292. The second-order valence-corrected chi connectivity index (χ2v) is 10.0. The van der Waals surface area contributed by atoms with Crippen molar-refractivity contribution in [1.82, 2.24) is 24.8 Å². The fourth-order valence-electron chi connectivity index (χ4n) is 3.48. The van der Waals surface area contributed by atoms with Crippen molar-refractivity contribution in [3.63, 3.8) is 0 Å². The van der Waals surface area contributed by atoms with Gasteiger partial charge in [0.05, 0.1) is 23.5 Å². The van der Waals surface area contributed by atoms with Crippen molar-refractivity contribution in [2.24, 2.45) is 0 Å². The second kappa shape index (κ2) is 17.5. The van der Waals surface area contributed by atoms with E-state index in [4.69, 9.17) is 4.74 Å². The first-order valence-electron chi connectivity index (χ1n) is 13.3. The van der Waals surface area contributed by atoms with Gasteiger partial charge in [-0.05, 0) is 62.7 Å². The van der Waals surface area contributed by atoms with E-state index in [2.05, 4.69) is 40.4 Å². The number of benzene rings is 1. The Morgan fingerprint density at radius 1 is 1.13 bits per heavy atom. The Labute approximate surface area is 229 Å². The number of rotatable bonds is 11. The summed E-state index contributed by atoms with van der Waals surface area (Å²) in [4.78, 5) is 4.71. The summed E-state index contributed by atoms with van der Waals surface area (Å²) in [6, 6.07) is 9.01. The van der Waals surface area contributed by atoms with Gasteiger partial charge in [-0.15, -0.1) is 0 Å². The highest BCUT2D eigenvalue weighted by molar-refractivity contribution is 7.89. The fraction of sp³-hybridized carbons (Fsp3) is 0.448. The third-order valence-corrected chi connectivity index (χ3v) is 7.51. The molecule has 0 aliphatic carbocycles. The minimum absolute atomic E-state index is 0.284. The van der Waals surface area contributed by atoms with Crippen molar-refractivity contribution in [1.29, 1.82) is 0 Å². The highest BCUT2D eigenvalue weighted by Crippen LogP contribution is 2.27. The third kappa shape index (κ3) is 9.38. The van der Waals surface area contributed by atoms with Crippen LogP contribution < -0.4 is 5.32 Å². The lowest BCUT2D eigenvalue weighted by Gasteiger charge is -2.20. The molecule has 0 fully saturated rings. The summed E-state index contributed by atoms with van der Waals surface area (Å²) in [6.07, 6.45) is 9.79. The van der Waals surface area contributed by atoms with Gasteiger partial charge in [-0.2, -0.15) is 9.40 Å². The molecular weight excluding hydrogens is 498 g/mol. The van der Waals surface area contributed by atoms with Crippen LogP contribution in [0.15, 0.2) is 59.3 Å². The molecule has 0 atom stereocenters. The van der Waals surface area contributed by atoms with Crippen LogP contribution in [0.25, 0.3) is 28.2 Å². The molecule has 0 saturated carbocycles. The molecule has 210 valence electrons. The largest absolute Gasteiger partial charge is 0.502 e. The molecule has 0 saturated heterocycles. The molecule has 0 unspecified atom stereocenters. The number of H-pyrrole nitrogens is 1. The fourth-order valence-corrected chi connectivity index (χ4v) is 4.98. The number of nitrogens with zero attached hydrogens (tertiary/aromatic N) is 3. The number of sulfonamides is 1. The average Bonchev–Trinajstić information content (AvgIpc) is 3.36. The van der Waals surface area contributed by atoms with Crippen LogP contribution in [-0.2, 0) is 14.8 Å². The Kier molecular flexibility index (Phi) is 15.2. The van der Waals surface area contributed by atoms with Crippen molar-refractivity contribution in [2.75, 3.05) is 33.8 Å². The number of ether oxygens (including phenoxy) is 1. The summed E-state index contributed by atoms with van der Waals surface area (Å²) in [5.74, 6) is 1.00. The van der Waals surface area contributed by atoms with E-state index in [-0.39, 0.29) is 4.90 Å². The molecule has 8 nitrogen and oxygen atoms in total. The molecule has 0 aliphatic heterocycles. The molecule has 0 bridgehead atoms. The van der Waals surface area contributed by atoms with Gasteiger partial charge < -0.3 is 10.1 Å². The van der Waals surface area contributed by atoms with Crippen LogP contribution in [0.1, 0.15) is 60.1 Å². The number of fused-ring (bicyclic) bond motifs is 1. The molecule has 3 rings (SSSR count). The zero-order valence-electron chi connectivity index (χ0n) is 24.2. The Hall–Kier alpha value is -3.01. The second-order valence-electron chi connectivity index (χ2n) is 8.10. The molecule has 2 aromatic heterocycles. The van der Waals surface area contributed by atoms with Crippen molar-refractivity contribution in [3.05, 3.63) is 60.1 Å². The van der Waals surface area contributed by atoms with E-state index in [0.29, 0.717) is 25.3 Å². The smallest absolute Gasteiger partial charge is 0.243 e. The van der Waals surface area contributed by atoms with E-state index >= 15 is 0 Å². The Balaban J connectivity index is 0.000000696. The predicted octanol–water partition coefficient (Wildman–Crippen LogP) is 6.25. The van der Waals surface area contributed by atoms with Gasteiger partial charge in [-0.1, -0.05) is 52.8 Å². The van der Waals surface area contributed by atoms with Gasteiger partial charge >= 0.3 is 0 Å². The zero-order valence-corrected chi connectivity index (χ0v) is 25.0. The van der Waals surface area contributed by atoms with E-state index in [1.807, 2.05) is 59.0 Å². The maximum absolute atomic E-state index is 13.1. The van der Waals surface area contributed by atoms with Gasteiger partial charge in [0.2, 0.25) is 10.0 Å². The Morgan fingerprint density at radius 2 is 1.87 bits per heavy atom. The molecule has 38 heavy (non-hydrogen) atoms. The predicted molar refractivity (Wildman–Crippen MR) is 159 cm³/mol. The zero-order chi connectivity index (χ0) is 28.6. The molecule has 1 aromatic carbocycles. The molecule has 0 radical (unpaired) electrons. The number of hydrogen-bond acceptors (Lipinski definition) is 6. The van der Waals surface area contributed by atoms with Crippen molar-refractivity contribution < 1.29 is 13.2 Å². The summed E-state index contributed by atoms with van der Waals surface area (Å²) >= 11 is 0. The molecule has 0 amide bonds. The van der Waals surface area contributed by atoms with Gasteiger partial charge in [0.15, 0.2) is 5.65 Å². The molecule has 9 heteroatoms. The monoisotopic (exact) mass is 543 g/mol. The summed E-state index contributed by atoms with van der Waals surface area (Å²) in [6.45, 7) is 13.4. The summed E-state index contributed by atoms with van der Waals surface area (Å²) in [7, 11) is -0.0709. The van der Waals surface area contributed by atoms with Crippen LogP contribution in [0.5, 0.6) is 0 Å². The number of aromatic nitrogens is 3. The highest BCUT2D eigenvalue weighted by atomic mass is 32.2. The number of allylic oxidation sites excluding steroid dienone is 3. The molecule has 0 spiro atoms. The third-order valence-electron chi connectivity index (χ3n) is 5.54. The van der Waals surface area contributed by atoms with Crippen LogP contribution in [0.2, 0.25) is 0 Å². The molecule has 2 heterocycles. The lowest BCUT2D eigenvalue weighted by Crippen LogP contribution is -2.36. The normalized spacial score (nSPS) is 11.8. The minimum Gasteiger partial charge on any atom is -0.502 e. The van der Waals surface area contributed by atoms with Gasteiger partial charge in [-0.3, -0.25) is 5.10 Å². The molecule has 0 aliphatic rings. The first kappa shape index (κ1) is 33.0. The molecule has 2 N–H and O–H groups in total. The van der Waals surface area contributed by atoms with Gasteiger partial charge in [0.1, 0.15) is 0 Å². The van der Waals surface area contributed by atoms with Gasteiger partial charge in [0.25, 0.3) is 0 Å². The topological polar surface area (TPSA) is 100 Å². The summed E-state index contributed by atoms with van der Waals surface area (Å²) in [5, 5.41) is 11.1. The van der Waals surface area contributed by atoms with Crippen LogP contribution >= 0.6 is 0 Å². The number of pyridine rings is 1. The average molecular weight is 544 g/mol. The lowest BCUT2D eigenvalue weighted by atomic mass is 10.1. The molecular formula is C29H45N5O3S. The van der Waals surface area contributed by atoms with Gasteiger partial charge in [0, 0.05) is 36.8 Å². The number of likely N-dealkylation sites (N-methyl/N-ethyl adjacent to an activating group) is 2. The van der Waals surface area contributed by atoms with Crippen LogP contribution in [0.4, 0.5) is 0 Å². The van der Waals surface area contributed by atoms with Crippen molar-refractivity contribution >= 4 is 27.1 Å². The highest BCUT2D eigenvalue weighted by Gasteiger charge is 2.23. The quantitative estimate of drug-likeness (QED) is 0.277. The van der Waals surface area contributed by atoms with Crippen molar-refractivity contribution in [2.45, 2.75) is 59.3 Å². The van der Waals surface area contributed by atoms with Gasteiger partial charge in [-0.25, -0.2) is 13.4 Å². The van der Waals surface area contributed by atoms with E-state index in [0.717, 1.165) is 40.8 Å². The van der Waals surface area contributed by atoms with E-state index in [1.165, 1.54) is 4.31 Å². The summed E-state index contributed by atoms with van der Waals surface area (Å²) in [5.41, 5.74) is 3.18. The van der Waals surface area contributed by atoms with Crippen LogP contribution in [0, 0.1) is 0 Å². The maximum Gasteiger partial charge on any atom is 0.243 e. The maximum atomic E-state index is 13.1. The number of aromatic amines is 1. The van der Waals surface area contributed by atoms with Crippen LogP contribution in [0.3, 0.4) is 0 Å². The first-order chi connectivity index (χ1) is 18.3. The molecule has 3 aromatic rings. The number of hydrogen-bond donors (Lipinski definition) is 2.